The summed E-state index contributed by atoms with van der Waals surface area (Å²) in [5.74, 6) is -1.31. The second kappa shape index (κ2) is 7.51. The third-order valence-electron chi connectivity index (χ3n) is 4.65. The molecule has 1 aliphatic heterocycles. The fourth-order valence-electron chi connectivity index (χ4n) is 3.37. The van der Waals surface area contributed by atoms with Crippen molar-refractivity contribution in [3.8, 4) is 0 Å². The van der Waals surface area contributed by atoms with Crippen molar-refractivity contribution in [3.63, 3.8) is 0 Å². The molecule has 0 radical (unpaired) electrons. The fraction of sp³-hybridized carbons (Fsp3) is 0.368. The van der Waals surface area contributed by atoms with Crippen LogP contribution < -0.4 is 10.6 Å². The number of anilines is 2. The van der Waals surface area contributed by atoms with Crippen molar-refractivity contribution < 1.29 is 19.2 Å². The van der Waals surface area contributed by atoms with Crippen molar-refractivity contribution in [2.45, 2.75) is 26.2 Å². The maximum absolute atomic E-state index is 12.4. The number of fused-ring (bicyclic) bond motifs is 1. The van der Waals surface area contributed by atoms with Crippen molar-refractivity contribution >= 4 is 35.0 Å². The molecule has 1 aromatic carbocycles. The zero-order valence-corrected chi connectivity index (χ0v) is 14.5. The first-order chi connectivity index (χ1) is 12.5. The van der Waals surface area contributed by atoms with E-state index in [1.165, 1.54) is 11.8 Å². The highest BCUT2D eigenvalue weighted by molar-refractivity contribution is 6.05. The number of allylic oxidation sites excluding steroid dienone is 2. The number of carbonyl (C=O) groups excluding carboxylic acids is 4. The molecular formula is C19H21N3O4. The van der Waals surface area contributed by atoms with Gasteiger partial charge in [-0.3, -0.25) is 24.1 Å². The molecule has 4 amide bonds. The van der Waals surface area contributed by atoms with Crippen LogP contribution in [0.2, 0.25) is 0 Å². The van der Waals surface area contributed by atoms with E-state index in [2.05, 4.69) is 10.6 Å². The Morgan fingerprint density at radius 2 is 1.46 bits per heavy atom. The predicted octanol–water partition coefficient (Wildman–Crippen LogP) is 1.92. The van der Waals surface area contributed by atoms with E-state index in [1.54, 1.807) is 24.3 Å². The summed E-state index contributed by atoms with van der Waals surface area (Å²) in [5, 5.41) is 5.37. The highest BCUT2D eigenvalue weighted by Crippen LogP contribution is 2.35. The molecule has 0 spiro atoms. The zero-order chi connectivity index (χ0) is 18.7. The van der Waals surface area contributed by atoms with Crippen molar-refractivity contribution in [2.24, 2.45) is 11.8 Å². The summed E-state index contributed by atoms with van der Waals surface area (Å²) in [6, 6.07) is 6.72. The van der Waals surface area contributed by atoms with Crippen LogP contribution >= 0.6 is 0 Å². The molecule has 0 aromatic heterocycles. The third-order valence-corrected chi connectivity index (χ3v) is 4.65. The van der Waals surface area contributed by atoms with Gasteiger partial charge in [-0.1, -0.05) is 12.2 Å². The average molecular weight is 355 g/mol. The van der Waals surface area contributed by atoms with E-state index in [9.17, 15) is 19.2 Å². The van der Waals surface area contributed by atoms with Gasteiger partial charge in [0.15, 0.2) is 0 Å². The number of carbonyl (C=O) groups is 4. The summed E-state index contributed by atoms with van der Waals surface area (Å²) >= 11 is 0. The van der Waals surface area contributed by atoms with Crippen LogP contribution in [0.1, 0.15) is 26.2 Å². The average Bonchev–Trinajstić information content (AvgIpc) is 2.86. The number of hydrogen-bond donors (Lipinski definition) is 2. The molecule has 1 fully saturated rings. The predicted molar refractivity (Wildman–Crippen MR) is 96.1 cm³/mol. The Bertz CT molecular complexity index is 743. The first kappa shape index (κ1) is 17.8. The van der Waals surface area contributed by atoms with Crippen molar-refractivity contribution in [1.82, 2.24) is 4.90 Å². The smallest absolute Gasteiger partial charge is 0.233 e. The van der Waals surface area contributed by atoms with Gasteiger partial charge in [-0.2, -0.15) is 0 Å². The molecule has 2 aliphatic rings. The lowest BCUT2D eigenvalue weighted by molar-refractivity contribution is -0.140. The molecule has 7 heteroatoms. The number of benzene rings is 1. The summed E-state index contributed by atoms with van der Waals surface area (Å²) in [6.45, 7) is 1.52. The minimum atomic E-state index is -0.272. The van der Waals surface area contributed by atoms with Crippen LogP contribution in [0.25, 0.3) is 0 Å². The quantitative estimate of drug-likeness (QED) is 0.623. The molecule has 26 heavy (non-hydrogen) atoms. The van der Waals surface area contributed by atoms with Gasteiger partial charge < -0.3 is 10.6 Å². The summed E-state index contributed by atoms with van der Waals surface area (Å²) in [5.41, 5.74) is 1.22. The Morgan fingerprint density at radius 3 is 1.96 bits per heavy atom. The second-order valence-corrected chi connectivity index (χ2v) is 6.54. The molecule has 136 valence electrons. The van der Waals surface area contributed by atoms with Crippen LogP contribution in [0.15, 0.2) is 36.4 Å². The first-order valence-electron chi connectivity index (χ1n) is 8.63. The van der Waals surface area contributed by atoms with E-state index in [4.69, 9.17) is 0 Å². The van der Waals surface area contributed by atoms with Gasteiger partial charge in [-0.15, -0.1) is 0 Å². The lowest BCUT2D eigenvalue weighted by Gasteiger charge is -2.14. The van der Waals surface area contributed by atoms with E-state index in [1.807, 2.05) is 12.2 Å². The Balaban J connectivity index is 1.52. The largest absolute Gasteiger partial charge is 0.326 e. The van der Waals surface area contributed by atoms with Crippen LogP contribution in [0.3, 0.4) is 0 Å². The van der Waals surface area contributed by atoms with Crippen LogP contribution in [0.5, 0.6) is 0 Å². The molecule has 1 aliphatic carbocycles. The summed E-state index contributed by atoms with van der Waals surface area (Å²) < 4.78 is 0. The van der Waals surface area contributed by atoms with Gasteiger partial charge >= 0.3 is 0 Å². The molecule has 2 N–H and O–H groups in total. The molecule has 1 aromatic rings. The van der Waals surface area contributed by atoms with Crippen molar-refractivity contribution in [1.29, 1.82) is 0 Å². The highest BCUT2D eigenvalue weighted by atomic mass is 16.2. The number of nitrogens with one attached hydrogen (secondary N) is 2. The van der Waals surface area contributed by atoms with Gasteiger partial charge in [0.1, 0.15) is 0 Å². The number of imide groups is 1. The van der Waals surface area contributed by atoms with E-state index in [0.29, 0.717) is 24.2 Å². The van der Waals surface area contributed by atoms with Gasteiger partial charge in [-0.05, 0) is 37.1 Å². The van der Waals surface area contributed by atoms with Crippen molar-refractivity contribution in [3.05, 3.63) is 36.4 Å². The molecule has 0 saturated carbocycles. The molecule has 7 nitrogen and oxygen atoms in total. The fourth-order valence-corrected chi connectivity index (χ4v) is 3.37. The number of nitrogens with zero attached hydrogens (tertiary/aromatic N) is 1. The van der Waals surface area contributed by atoms with Crippen molar-refractivity contribution in [2.75, 3.05) is 17.2 Å². The van der Waals surface area contributed by atoms with Gasteiger partial charge in [0.05, 0.1) is 11.8 Å². The molecule has 1 heterocycles. The third kappa shape index (κ3) is 3.82. The summed E-state index contributed by atoms with van der Waals surface area (Å²) in [4.78, 5) is 49.0. The molecule has 1 saturated heterocycles. The zero-order valence-electron chi connectivity index (χ0n) is 14.5. The van der Waals surface area contributed by atoms with Crippen LogP contribution in [-0.4, -0.2) is 35.1 Å². The van der Waals surface area contributed by atoms with E-state index < -0.39 is 0 Å². The molecular weight excluding hydrogens is 334 g/mol. The van der Waals surface area contributed by atoms with E-state index in [0.717, 1.165) is 0 Å². The topological polar surface area (TPSA) is 95.6 Å². The number of likely N-dealkylation sites (tertiary alicyclic amines) is 1. The number of hydrogen-bond acceptors (Lipinski definition) is 4. The standard InChI is InChI=1S/C19H21N3O4/c1-12(23)20-13-6-8-14(9-7-13)21-17(24)10-11-22-18(25)15-4-2-3-5-16(15)19(22)26/h2-3,6-9,15-16H,4-5,10-11H2,1H3,(H,20,23)(H,21,24)/t15-,16-/m1/s1. The SMILES string of the molecule is CC(=O)Nc1ccc(NC(=O)CCN2C(=O)[C@@H]3CC=CC[C@H]3C2=O)cc1. The Hall–Kier alpha value is -2.96. The van der Waals surface area contributed by atoms with E-state index >= 15 is 0 Å². The molecule has 2 atom stereocenters. The van der Waals surface area contributed by atoms with Gasteiger partial charge in [0.25, 0.3) is 0 Å². The van der Waals surface area contributed by atoms with Gasteiger partial charge in [-0.25, -0.2) is 0 Å². The second-order valence-electron chi connectivity index (χ2n) is 6.54. The first-order valence-corrected chi connectivity index (χ1v) is 8.63. The Labute approximate surface area is 151 Å². The normalized spacial score (nSPS) is 21.5. The molecule has 0 bridgehead atoms. The summed E-state index contributed by atoms with van der Waals surface area (Å²) in [6.07, 6.45) is 5.12. The Kier molecular flexibility index (Phi) is 5.16. The summed E-state index contributed by atoms with van der Waals surface area (Å²) in [7, 11) is 0. The van der Waals surface area contributed by atoms with Crippen LogP contribution in [0, 0.1) is 11.8 Å². The lowest BCUT2D eigenvalue weighted by Crippen LogP contribution is -2.34. The van der Waals surface area contributed by atoms with Gasteiger partial charge in [0.2, 0.25) is 23.6 Å². The minimum Gasteiger partial charge on any atom is -0.326 e. The monoisotopic (exact) mass is 355 g/mol. The minimum absolute atomic E-state index is 0.0534. The maximum Gasteiger partial charge on any atom is 0.233 e. The maximum atomic E-state index is 12.4. The molecule has 0 unspecified atom stereocenters. The lowest BCUT2D eigenvalue weighted by atomic mass is 9.85. The van der Waals surface area contributed by atoms with Crippen LogP contribution in [0.4, 0.5) is 11.4 Å². The van der Waals surface area contributed by atoms with E-state index in [-0.39, 0.29) is 48.4 Å². The van der Waals surface area contributed by atoms with Gasteiger partial charge in [0, 0.05) is 31.3 Å². The number of amides is 4. The molecule has 3 rings (SSSR count). The number of rotatable bonds is 5. The Morgan fingerprint density at radius 1 is 0.962 bits per heavy atom. The highest BCUT2D eigenvalue weighted by Gasteiger charge is 2.46. The van der Waals surface area contributed by atoms with Crippen LogP contribution in [-0.2, 0) is 19.2 Å².